The van der Waals surface area contributed by atoms with Gasteiger partial charge in [0.1, 0.15) is 5.75 Å². The lowest BCUT2D eigenvalue weighted by atomic mass is 9.99. The van der Waals surface area contributed by atoms with Crippen LogP contribution in [0.5, 0.6) is 5.75 Å². The van der Waals surface area contributed by atoms with Crippen LogP contribution in [0, 0.1) is 0 Å². The van der Waals surface area contributed by atoms with Crippen LogP contribution in [0.4, 0.5) is 0 Å². The van der Waals surface area contributed by atoms with Gasteiger partial charge in [-0.15, -0.1) is 0 Å². The van der Waals surface area contributed by atoms with E-state index in [-0.39, 0.29) is 11.7 Å². The van der Waals surface area contributed by atoms with Crippen molar-refractivity contribution in [2.24, 2.45) is 0 Å². The molecule has 0 saturated carbocycles. The first-order valence-corrected chi connectivity index (χ1v) is 9.35. The maximum atomic E-state index is 12.6. The van der Waals surface area contributed by atoms with Crippen LogP contribution in [0.2, 0.25) is 0 Å². The third-order valence-corrected chi connectivity index (χ3v) is 6.14. The second kappa shape index (κ2) is 6.72. The SMILES string of the molecule is COc1ccc([C@@H]2CCN(S(=O)(=O)Cc3ccccc3)C2)cc1. The van der Waals surface area contributed by atoms with E-state index in [9.17, 15) is 8.42 Å². The van der Waals surface area contributed by atoms with Crippen LogP contribution >= 0.6 is 0 Å². The summed E-state index contributed by atoms with van der Waals surface area (Å²) in [7, 11) is -1.62. The van der Waals surface area contributed by atoms with Gasteiger partial charge >= 0.3 is 0 Å². The van der Waals surface area contributed by atoms with E-state index in [1.807, 2.05) is 54.6 Å². The number of methoxy groups -OCH3 is 1. The first kappa shape index (κ1) is 16.0. The fraction of sp³-hybridized carbons (Fsp3) is 0.333. The molecular formula is C18H21NO3S. The fourth-order valence-electron chi connectivity index (χ4n) is 3.01. The largest absolute Gasteiger partial charge is 0.497 e. The Bertz CT molecular complexity index is 742. The van der Waals surface area contributed by atoms with Crippen LogP contribution in [0.3, 0.4) is 0 Å². The van der Waals surface area contributed by atoms with Gasteiger partial charge in [-0.05, 0) is 35.6 Å². The first-order valence-electron chi connectivity index (χ1n) is 7.74. The molecule has 0 amide bonds. The number of sulfonamides is 1. The Morgan fingerprint density at radius 3 is 2.43 bits per heavy atom. The summed E-state index contributed by atoms with van der Waals surface area (Å²) >= 11 is 0. The topological polar surface area (TPSA) is 46.6 Å². The van der Waals surface area contributed by atoms with E-state index in [0.29, 0.717) is 13.1 Å². The van der Waals surface area contributed by atoms with Gasteiger partial charge in [0.25, 0.3) is 0 Å². The summed E-state index contributed by atoms with van der Waals surface area (Å²) in [5, 5.41) is 0. The molecule has 1 saturated heterocycles. The van der Waals surface area contributed by atoms with Gasteiger partial charge in [0.15, 0.2) is 0 Å². The zero-order chi connectivity index (χ0) is 16.3. The maximum Gasteiger partial charge on any atom is 0.218 e. The van der Waals surface area contributed by atoms with Gasteiger partial charge in [-0.1, -0.05) is 42.5 Å². The highest BCUT2D eigenvalue weighted by atomic mass is 32.2. The Balaban J connectivity index is 1.68. The van der Waals surface area contributed by atoms with Crippen molar-refractivity contribution in [3.8, 4) is 5.75 Å². The normalized spacial score (nSPS) is 18.9. The highest BCUT2D eigenvalue weighted by molar-refractivity contribution is 7.88. The van der Waals surface area contributed by atoms with Crippen molar-refractivity contribution >= 4 is 10.0 Å². The van der Waals surface area contributed by atoms with Crippen LogP contribution < -0.4 is 4.74 Å². The minimum atomic E-state index is -3.26. The molecule has 122 valence electrons. The molecule has 0 aliphatic carbocycles. The molecule has 2 aromatic carbocycles. The van der Waals surface area contributed by atoms with Crippen molar-refractivity contribution in [3.05, 3.63) is 65.7 Å². The molecule has 3 rings (SSSR count). The van der Waals surface area contributed by atoms with E-state index in [0.717, 1.165) is 17.7 Å². The molecule has 0 unspecified atom stereocenters. The summed E-state index contributed by atoms with van der Waals surface area (Å²) in [5.41, 5.74) is 2.00. The summed E-state index contributed by atoms with van der Waals surface area (Å²) in [5.74, 6) is 1.15. The average molecular weight is 331 g/mol. The van der Waals surface area contributed by atoms with Crippen molar-refractivity contribution in [2.75, 3.05) is 20.2 Å². The van der Waals surface area contributed by atoms with E-state index >= 15 is 0 Å². The summed E-state index contributed by atoms with van der Waals surface area (Å²) < 4.78 is 32.0. The number of hydrogen-bond donors (Lipinski definition) is 0. The molecule has 1 atom stereocenters. The minimum absolute atomic E-state index is 0.0726. The standard InChI is InChI=1S/C18H21NO3S/c1-22-18-9-7-16(8-10-18)17-11-12-19(13-17)23(20,21)14-15-5-3-2-4-6-15/h2-10,17H,11-14H2,1H3/t17-/m1/s1. The molecule has 0 radical (unpaired) electrons. The van der Waals surface area contributed by atoms with E-state index in [1.54, 1.807) is 11.4 Å². The highest BCUT2D eigenvalue weighted by Gasteiger charge is 2.32. The van der Waals surface area contributed by atoms with Crippen molar-refractivity contribution in [1.82, 2.24) is 4.31 Å². The molecule has 1 fully saturated rings. The smallest absolute Gasteiger partial charge is 0.218 e. The molecule has 5 heteroatoms. The van der Waals surface area contributed by atoms with Crippen LogP contribution in [-0.2, 0) is 15.8 Å². The first-order chi connectivity index (χ1) is 11.1. The van der Waals surface area contributed by atoms with Gasteiger partial charge < -0.3 is 4.74 Å². The molecule has 23 heavy (non-hydrogen) atoms. The molecule has 1 heterocycles. The monoisotopic (exact) mass is 331 g/mol. The van der Waals surface area contributed by atoms with E-state index in [2.05, 4.69) is 0 Å². The number of benzene rings is 2. The summed E-state index contributed by atoms with van der Waals surface area (Å²) in [6.07, 6.45) is 0.861. The van der Waals surface area contributed by atoms with E-state index < -0.39 is 10.0 Å². The van der Waals surface area contributed by atoms with Crippen LogP contribution in [0.1, 0.15) is 23.5 Å². The number of ether oxygens (including phenoxy) is 1. The van der Waals surface area contributed by atoms with E-state index in [1.165, 1.54) is 5.56 Å². The van der Waals surface area contributed by atoms with Crippen LogP contribution in [-0.4, -0.2) is 32.9 Å². The molecule has 2 aromatic rings. The second-order valence-electron chi connectivity index (χ2n) is 5.86. The quantitative estimate of drug-likeness (QED) is 0.846. The number of rotatable bonds is 5. The summed E-state index contributed by atoms with van der Waals surface area (Å²) in [6.45, 7) is 1.15. The van der Waals surface area contributed by atoms with Crippen LogP contribution in [0.25, 0.3) is 0 Å². The van der Waals surface area contributed by atoms with Gasteiger partial charge in [-0.3, -0.25) is 0 Å². The average Bonchev–Trinajstić information content (AvgIpc) is 3.06. The Morgan fingerprint density at radius 2 is 1.78 bits per heavy atom. The molecule has 0 bridgehead atoms. The summed E-state index contributed by atoms with van der Waals surface area (Å²) in [6, 6.07) is 17.2. The lowest BCUT2D eigenvalue weighted by Crippen LogP contribution is -2.29. The van der Waals surface area contributed by atoms with Gasteiger partial charge in [0.05, 0.1) is 12.9 Å². The molecule has 1 aliphatic heterocycles. The zero-order valence-corrected chi connectivity index (χ0v) is 14.0. The van der Waals surface area contributed by atoms with Gasteiger partial charge in [0.2, 0.25) is 10.0 Å². The number of hydrogen-bond acceptors (Lipinski definition) is 3. The summed E-state index contributed by atoms with van der Waals surface area (Å²) in [4.78, 5) is 0. The lowest BCUT2D eigenvalue weighted by Gasteiger charge is -2.17. The van der Waals surface area contributed by atoms with Crippen molar-refractivity contribution in [3.63, 3.8) is 0 Å². The molecule has 4 nitrogen and oxygen atoms in total. The molecule has 0 spiro atoms. The molecule has 1 aliphatic rings. The predicted octanol–water partition coefficient (Wildman–Crippen LogP) is 3.01. The van der Waals surface area contributed by atoms with Crippen LogP contribution in [0.15, 0.2) is 54.6 Å². The second-order valence-corrected chi connectivity index (χ2v) is 7.83. The van der Waals surface area contributed by atoms with Crippen molar-refractivity contribution < 1.29 is 13.2 Å². The maximum absolute atomic E-state index is 12.6. The Morgan fingerprint density at radius 1 is 1.09 bits per heavy atom. The predicted molar refractivity (Wildman–Crippen MR) is 91.0 cm³/mol. The van der Waals surface area contributed by atoms with Gasteiger partial charge in [-0.2, -0.15) is 0 Å². The van der Waals surface area contributed by atoms with Gasteiger partial charge in [-0.25, -0.2) is 12.7 Å². The van der Waals surface area contributed by atoms with Crippen molar-refractivity contribution in [2.45, 2.75) is 18.1 Å². The van der Waals surface area contributed by atoms with Crippen molar-refractivity contribution in [1.29, 1.82) is 0 Å². The lowest BCUT2D eigenvalue weighted by molar-refractivity contribution is 0.414. The third-order valence-electron chi connectivity index (χ3n) is 4.32. The third kappa shape index (κ3) is 3.74. The Kier molecular flexibility index (Phi) is 4.68. The zero-order valence-electron chi connectivity index (χ0n) is 13.2. The van der Waals surface area contributed by atoms with E-state index in [4.69, 9.17) is 4.74 Å². The van der Waals surface area contributed by atoms with Gasteiger partial charge in [0, 0.05) is 13.1 Å². The number of nitrogens with zero attached hydrogens (tertiary/aromatic N) is 1. The Hall–Kier alpha value is -1.85. The molecule has 0 aromatic heterocycles. The molecular weight excluding hydrogens is 310 g/mol. The minimum Gasteiger partial charge on any atom is -0.497 e. The Labute approximate surface area is 137 Å². The fourth-order valence-corrected chi connectivity index (χ4v) is 4.59. The highest BCUT2D eigenvalue weighted by Crippen LogP contribution is 2.30. The molecule has 0 N–H and O–H groups in total.